The van der Waals surface area contributed by atoms with Crippen LogP contribution in [-0.4, -0.2) is 4.98 Å². The van der Waals surface area contributed by atoms with Crippen LogP contribution in [0.1, 0.15) is 37.8 Å². The highest BCUT2D eigenvalue weighted by molar-refractivity contribution is 5.12. The average Bonchev–Trinajstić information content (AvgIpc) is 2.04. The topological polar surface area (TPSA) is 12.9 Å². The fourth-order valence-electron chi connectivity index (χ4n) is 1.93. The molecule has 1 aromatic rings. The van der Waals surface area contributed by atoms with Crippen LogP contribution in [0.25, 0.3) is 0 Å². The first-order valence-corrected chi connectivity index (χ1v) is 4.81. The molecule has 0 aliphatic heterocycles. The predicted octanol–water partition coefficient (Wildman–Crippen LogP) is 2.99. The summed E-state index contributed by atoms with van der Waals surface area (Å²) < 4.78 is 0. The molecule has 0 N–H and O–H groups in total. The minimum Gasteiger partial charge on any atom is -0.261 e. The lowest BCUT2D eigenvalue weighted by Gasteiger charge is -2.34. The fourth-order valence-corrected chi connectivity index (χ4v) is 1.93. The number of pyridine rings is 1. The minimum absolute atomic E-state index is 0.760. The molecule has 1 heterocycles. The lowest BCUT2D eigenvalue weighted by Crippen LogP contribution is -2.21. The molecule has 1 aromatic heterocycles. The van der Waals surface area contributed by atoms with Crippen molar-refractivity contribution in [2.45, 2.75) is 32.1 Å². The number of rotatable bonds is 2. The van der Waals surface area contributed by atoms with Gasteiger partial charge >= 0.3 is 0 Å². The van der Waals surface area contributed by atoms with Crippen LogP contribution >= 0.6 is 0 Å². The molecular weight excluding hydrogens is 146 g/mol. The maximum atomic E-state index is 4.37. The van der Waals surface area contributed by atoms with Crippen molar-refractivity contribution in [3.05, 3.63) is 30.1 Å². The summed E-state index contributed by atoms with van der Waals surface area (Å²) in [6.45, 7) is 2.28. The van der Waals surface area contributed by atoms with Gasteiger partial charge in [-0.15, -0.1) is 0 Å². The molecule has 2 rings (SSSR count). The first-order chi connectivity index (χ1) is 5.90. The summed E-state index contributed by atoms with van der Waals surface area (Å²) in [5.41, 5.74) is 1.29. The van der Waals surface area contributed by atoms with E-state index in [4.69, 9.17) is 0 Å². The van der Waals surface area contributed by atoms with Gasteiger partial charge in [0.1, 0.15) is 0 Å². The summed E-state index contributed by atoms with van der Waals surface area (Å²) in [5, 5.41) is 0. The zero-order chi connectivity index (χ0) is 8.39. The molecule has 1 saturated carbocycles. The predicted molar refractivity (Wildman–Crippen MR) is 50.0 cm³/mol. The van der Waals surface area contributed by atoms with Gasteiger partial charge in [-0.3, -0.25) is 4.98 Å². The summed E-state index contributed by atoms with van der Waals surface area (Å²) >= 11 is 0. The van der Waals surface area contributed by atoms with Gasteiger partial charge < -0.3 is 0 Å². The van der Waals surface area contributed by atoms with E-state index in [2.05, 4.69) is 24.0 Å². The van der Waals surface area contributed by atoms with Gasteiger partial charge in [-0.05, 0) is 30.9 Å². The number of nitrogens with zero attached hydrogens (tertiary/aromatic N) is 1. The molecule has 0 aromatic carbocycles. The minimum atomic E-state index is 0.760. The highest BCUT2D eigenvalue weighted by Gasteiger charge is 2.29. The third-order valence-corrected chi connectivity index (χ3v) is 2.92. The Hall–Kier alpha value is -0.850. The first-order valence-electron chi connectivity index (χ1n) is 4.81. The summed E-state index contributed by atoms with van der Waals surface area (Å²) in [6, 6.07) is 6.22. The fraction of sp³-hybridized carbons (Fsp3) is 0.545. The molecular formula is C11H15N. The normalized spacial score (nSPS) is 28.1. The van der Waals surface area contributed by atoms with Crippen molar-refractivity contribution < 1.29 is 0 Å². The van der Waals surface area contributed by atoms with Crippen LogP contribution in [0.4, 0.5) is 0 Å². The highest BCUT2D eigenvalue weighted by atomic mass is 14.7. The Morgan fingerprint density at radius 1 is 1.42 bits per heavy atom. The van der Waals surface area contributed by atoms with Crippen LogP contribution in [0.3, 0.4) is 0 Å². The summed E-state index contributed by atoms with van der Waals surface area (Å²) in [4.78, 5) is 4.37. The second-order valence-electron chi connectivity index (χ2n) is 3.70. The monoisotopic (exact) mass is 161 g/mol. The Balaban J connectivity index is 1.97. The van der Waals surface area contributed by atoms with Crippen LogP contribution in [0.5, 0.6) is 0 Å². The lowest BCUT2D eigenvalue weighted by atomic mass is 9.72. The lowest BCUT2D eigenvalue weighted by molar-refractivity contribution is 0.252. The summed E-state index contributed by atoms with van der Waals surface area (Å²) in [7, 11) is 0. The Morgan fingerprint density at radius 3 is 2.83 bits per heavy atom. The number of hydrogen-bond donors (Lipinski definition) is 0. The molecule has 1 aliphatic rings. The van der Waals surface area contributed by atoms with E-state index in [1.54, 1.807) is 0 Å². The third kappa shape index (κ3) is 1.36. The van der Waals surface area contributed by atoms with Gasteiger partial charge in [0.15, 0.2) is 0 Å². The number of aromatic nitrogens is 1. The molecule has 0 atom stereocenters. The molecule has 64 valence electrons. The van der Waals surface area contributed by atoms with Crippen molar-refractivity contribution in [1.82, 2.24) is 4.98 Å². The van der Waals surface area contributed by atoms with E-state index in [0.717, 1.165) is 11.8 Å². The average molecular weight is 161 g/mol. The highest BCUT2D eigenvalue weighted by Crippen LogP contribution is 2.42. The van der Waals surface area contributed by atoms with Crippen LogP contribution in [0, 0.1) is 5.92 Å². The molecule has 12 heavy (non-hydrogen) atoms. The van der Waals surface area contributed by atoms with E-state index in [-0.39, 0.29) is 0 Å². The molecule has 0 spiro atoms. The zero-order valence-corrected chi connectivity index (χ0v) is 7.53. The molecule has 0 amide bonds. The van der Waals surface area contributed by atoms with Crippen molar-refractivity contribution in [1.29, 1.82) is 0 Å². The van der Waals surface area contributed by atoms with Crippen molar-refractivity contribution in [3.63, 3.8) is 0 Å². The second-order valence-corrected chi connectivity index (χ2v) is 3.70. The maximum Gasteiger partial charge on any atom is 0.0434 e. The quantitative estimate of drug-likeness (QED) is 0.649. The Kier molecular flexibility index (Phi) is 2.11. The van der Waals surface area contributed by atoms with Gasteiger partial charge in [0, 0.05) is 17.8 Å². The van der Waals surface area contributed by atoms with E-state index >= 15 is 0 Å². The molecule has 0 bridgehead atoms. The van der Waals surface area contributed by atoms with Crippen LogP contribution in [-0.2, 0) is 0 Å². The van der Waals surface area contributed by atoms with Crippen LogP contribution in [0.2, 0.25) is 0 Å². The Morgan fingerprint density at radius 2 is 2.25 bits per heavy atom. The first kappa shape index (κ1) is 7.78. The van der Waals surface area contributed by atoms with Gasteiger partial charge in [0.2, 0.25) is 0 Å². The zero-order valence-electron chi connectivity index (χ0n) is 7.53. The van der Waals surface area contributed by atoms with Crippen molar-refractivity contribution in [2.75, 3.05) is 0 Å². The van der Waals surface area contributed by atoms with Gasteiger partial charge in [-0.1, -0.05) is 19.4 Å². The smallest absolute Gasteiger partial charge is 0.0434 e. The summed E-state index contributed by atoms with van der Waals surface area (Å²) in [6.07, 6.45) is 5.94. The molecule has 0 unspecified atom stereocenters. The Bertz CT molecular complexity index is 236. The van der Waals surface area contributed by atoms with Crippen LogP contribution in [0.15, 0.2) is 24.4 Å². The molecule has 0 radical (unpaired) electrons. The van der Waals surface area contributed by atoms with Crippen LogP contribution < -0.4 is 0 Å². The van der Waals surface area contributed by atoms with Crippen molar-refractivity contribution in [2.24, 2.45) is 5.92 Å². The molecule has 1 aliphatic carbocycles. The van der Waals surface area contributed by atoms with Gasteiger partial charge in [-0.25, -0.2) is 0 Å². The molecule has 1 fully saturated rings. The third-order valence-electron chi connectivity index (χ3n) is 2.92. The van der Waals surface area contributed by atoms with E-state index in [9.17, 15) is 0 Å². The molecule has 0 saturated heterocycles. The Labute approximate surface area is 73.8 Å². The van der Waals surface area contributed by atoms with E-state index in [1.165, 1.54) is 25.0 Å². The molecule has 1 nitrogen and oxygen atoms in total. The number of hydrogen-bond acceptors (Lipinski definition) is 1. The second kappa shape index (κ2) is 3.26. The largest absolute Gasteiger partial charge is 0.261 e. The van der Waals surface area contributed by atoms with Crippen molar-refractivity contribution >= 4 is 0 Å². The summed E-state index contributed by atoms with van der Waals surface area (Å²) in [5.74, 6) is 1.73. The van der Waals surface area contributed by atoms with E-state index < -0.39 is 0 Å². The van der Waals surface area contributed by atoms with Gasteiger partial charge in [-0.2, -0.15) is 0 Å². The standard InChI is InChI=1S/C11H15N/c1-2-9-7-10(8-9)11-5-3-4-6-12-11/h3-6,9-10H,2,7-8H2,1H3. The molecule has 1 heteroatoms. The van der Waals surface area contributed by atoms with Crippen molar-refractivity contribution in [3.8, 4) is 0 Å². The van der Waals surface area contributed by atoms with E-state index in [0.29, 0.717) is 0 Å². The maximum absolute atomic E-state index is 4.37. The van der Waals surface area contributed by atoms with Gasteiger partial charge in [0.25, 0.3) is 0 Å². The SMILES string of the molecule is CCC1CC(c2ccccn2)C1. The van der Waals surface area contributed by atoms with Gasteiger partial charge in [0.05, 0.1) is 0 Å². The van der Waals surface area contributed by atoms with E-state index in [1.807, 2.05) is 12.3 Å².